The second-order valence-electron chi connectivity index (χ2n) is 7.24. The summed E-state index contributed by atoms with van der Waals surface area (Å²) < 4.78 is 15.1. The van der Waals surface area contributed by atoms with Crippen molar-refractivity contribution in [3.63, 3.8) is 0 Å². The molecule has 2 heterocycles. The average molecular weight is 465 g/mol. The van der Waals surface area contributed by atoms with Crippen molar-refractivity contribution in [2.45, 2.75) is 19.8 Å². The molecule has 5 rings (SSSR count). The number of aromatic nitrogens is 1. The van der Waals surface area contributed by atoms with Crippen LogP contribution < -0.4 is 7.22 Å². The monoisotopic (exact) mass is 467 g/mol. The maximum atomic E-state index is 13.1. The van der Waals surface area contributed by atoms with E-state index in [1.807, 2.05) is 30.5 Å². The molecule has 0 atom stereocenters. The Morgan fingerprint density at radius 3 is 2.52 bits per heavy atom. The second kappa shape index (κ2) is 6.37. The Hall–Kier alpha value is -2.34. The summed E-state index contributed by atoms with van der Waals surface area (Å²) in [6, 6.07) is 23.1. The van der Waals surface area contributed by atoms with Crippen LogP contribution in [0.2, 0.25) is 0 Å². The van der Waals surface area contributed by atoms with Crippen LogP contribution in [0.4, 0.5) is 0 Å². The third-order valence-corrected chi connectivity index (χ3v) is 9.53. The van der Waals surface area contributed by atoms with E-state index < -0.39 is 19.5 Å². The summed E-state index contributed by atoms with van der Waals surface area (Å²) in [6.45, 7) is 4.46. The summed E-state index contributed by atoms with van der Waals surface area (Å²) in [6.07, 6.45) is 1.82. The Morgan fingerprint density at radius 1 is 0.889 bits per heavy atom. The summed E-state index contributed by atoms with van der Waals surface area (Å²) >= 11 is -2.71. The van der Waals surface area contributed by atoms with Crippen molar-refractivity contribution >= 4 is 37.5 Å². The molecule has 1 aliphatic rings. The van der Waals surface area contributed by atoms with Gasteiger partial charge in [-0.05, 0) is 0 Å². The van der Waals surface area contributed by atoms with Crippen LogP contribution in [0.1, 0.15) is 25.3 Å². The molecule has 0 fully saturated rings. The molecule has 27 heavy (non-hydrogen) atoms. The molecule has 2 nitrogen and oxygen atoms in total. The van der Waals surface area contributed by atoms with Gasteiger partial charge < -0.3 is 0 Å². The molecule has 132 valence electrons. The second-order valence-corrected chi connectivity index (χ2v) is 11.3. The number of rotatable bonds is 2. The van der Waals surface area contributed by atoms with E-state index in [1.54, 1.807) is 0 Å². The molecule has 0 N–H and O–H groups in total. The molecule has 0 aliphatic carbocycles. The molecule has 0 amide bonds. The van der Waals surface area contributed by atoms with Gasteiger partial charge in [0.1, 0.15) is 0 Å². The summed E-state index contributed by atoms with van der Waals surface area (Å²) in [5, 5.41) is 2.52. The normalized spacial score (nSPS) is 13.1. The summed E-state index contributed by atoms with van der Waals surface area (Å²) in [7, 11) is 0. The zero-order valence-corrected chi connectivity index (χ0v) is 17.6. The number of hydrogen-bond acceptors (Lipinski definition) is 2. The van der Waals surface area contributed by atoms with E-state index in [2.05, 4.69) is 56.3 Å². The van der Waals surface area contributed by atoms with Gasteiger partial charge in [-0.25, -0.2) is 0 Å². The molecular weight excluding hydrogens is 446 g/mol. The van der Waals surface area contributed by atoms with Gasteiger partial charge in [0.2, 0.25) is 0 Å². The van der Waals surface area contributed by atoms with Gasteiger partial charge in [-0.3, -0.25) is 0 Å². The summed E-state index contributed by atoms with van der Waals surface area (Å²) in [5.41, 5.74) is 5.56. The molecule has 3 heteroatoms. The van der Waals surface area contributed by atoms with E-state index in [-0.39, 0.29) is 0 Å². The molecule has 0 spiro atoms. The first-order valence-corrected chi connectivity index (χ1v) is 12.5. The van der Waals surface area contributed by atoms with Crippen molar-refractivity contribution in [3.05, 3.63) is 78.5 Å². The number of pyridine rings is 1. The van der Waals surface area contributed by atoms with Crippen LogP contribution in [0.25, 0.3) is 33.2 Å². The first-order valence-electron chi connectivity index (χ1n) is 9.18. The molecule has 3 aromatic carbocycles. The van der Waals surface area contributed by atoms with Gasteiger partial charge >= 0.3 is 166 Å². The zero-order chi connectivity index (χ0) is 18.5. The van der Waals surface area contributed by atoms with Gasteiger partial charge in [-0.2, -0.15) is 0 Å². The molecule has 4 aromatic rings. The van der Waals surface area contributed by atoms with Crippen molar-refractivity contribution in [3.8, 4) is 22.4 Å². The van der Waals surface area contributed by atoms with Crippen LogP contribution in [0.15, 0.2) is 72.9 Å². The predicted octanol–water partition coefficient (Wildman–Crippen LogP) is 4.54. The Balaban J connectivity index is 1.83. The van der Waals surface area contributed by atoms with Gasteiger partial charge in [0.25, 0.3) is 0 Å². The first-order chi connectivity index (χ1) is 13.1. The minimum atomic E-state index is -2.71. The first kappa shape index (κ1) is 16.8. The van der Waals surface area contributed by atoms with Crippen molar-refractivity contribution in [2.75, 3.05) is 0 Å². The van der Waals surface area contributed by atoms with Crippen molar-refractivity contribution in [2.24, 2.45) is 0 Å². The van der Waals surface area contributed by atoms with Crippen molar-refractivity contribution in [1.29, 1.82) is 0 Å². The predicted molar refractivity (Wildman–Crippen MR) is 112 cm³/mol. The maximum absolute atomic E-state index is 13.1. The van der Waals surface area contributed by atoms with Gasteiger partial charge in [0.15, 0.2) is 0 Å². The van der Waals surface area contributed by atoms with Gasteiger partial charge in [-0.15, -0.1) is 0 Å². The summed E-state index contributed by atoms with van der Waals surface area (Å²) in [4.78, 5) is 4.75. The molecule has 0 saturated heterocycles. The fraction of sp³-hybridized carbons (Fsp3) is 0.125. The van der Waals surface area contributed by atoms with Gasteiger partial charge in [-0.1, -0.05) is 0 Å². The van der Waals surface area contributed by atoms with E-state index in [0.717, 1.165) is 29.6 Å². The summed E-state index contributed by atoms with van der Waals surface area (Å²) in [5.74, 6) is 0.419. The van der Waals surface area contributed by atoms with Crippen LogP contribution in [0, 0.1) is 0 Å². The average Bonchev–Trinajstić information content (AvgIpc) is 3.00. The number of benzene rings is 3. The number of nitrogens with zero attached hydrogens (tertiary/aromatic N) is 1. The van der Waals surface area contributed by atoms with Gasteiger partial charge in [0.05, 0.1) is 0 Å². The fourth-order valence-corrected chi connectivity index (χ4v) is 7.94. The van der Waals surface area contributed by atoms with E-state index >= 15 is 0 Å². The van der Waals surface area contributed by atoms with Crippen molar-refractivity contribution < 1.29 is 3.10 Å². The quantitative estimate of drug-likeness (QED) is 0.359. The van der Waals surface area contributed by atoms with E-state index in [4.69, 9.17) is 4.98 Å². The standard InChI is InChI=1S/C24H19NOTe/c1-15(2)20-14-17(13-16-7-3-4-8-18(16)20)24-23-19-9-5-6-10-21(19)27(26)22(23)11-12-25-24/h3-15H,1-2H3. The topological polar surface area (TPSA) is 30.0 Å². The molecule has 1 aromatic heterocycles. The van der Waals surface area contributed by atoms with Crippen LogP contribution in [-0.4, -0.2) is 24.5 Å². The van der Waals surface area contributed by atoms with E-state index in [9.17, 15) is 3.10 Å². The zero-order valence-electron chi connectivity index (χ0n) is 15.3. The van der Waals surface area contributed by atoms with Gasteiger partial charge in [0, 0.05) is 0 Å². The third-order valence-electron chi connectivity index (χ3n) is 5.26. The van der Waals surface area contributed by atoms with Crippen LogP contribution in [-0.2, 0) is 3.10 Å². The Bertz CT molecular complexity index is 1230. The van der Waals surface area contributed by atoms with Crippen LogP contribution in [0.3, 0.4) is 0 Å². The molecule has 0 radical (unpaired) electrons. The molecule has 1 aliphatic heterocycles. The van der Waals surface area contributed by atoms with E-state index in [0.29, 0.717) is 5.92 Å². The van der Waals surface area contributed by atoms with Crippen LogP contribution >= 0.6 is 0 Å². The van der Waals surface area contributed by atoms with Crippen LogP contribution in [0.5, 0.6) is 0 Å². The molecular formula is C24H19NOTe. The fourth-order valence-electron chi connectivity index (χ4n) is 3.99. The van der Waals surface area contributed by atoms with E-state index in [1.165, 1.54) is 16.3 Å². The minimum absolute atomic E-state index is 0.419. The third kappa shape index (κ3) is 2.57. The Kier molecular flexibility index (Phi) is 3.97. The SMILES string of the molecule is CC(C)c1cc(-c2nccc3c2-c2ccccc2[Te]3=O)cc2ccccc12. The molecule has 0 saturated carbocycles. The Morgan fingerprint density at radius 2 is 1.67 bits per heavy atom. The van der Waals surface area contributed by atoms with Crippen molar-refractivity contribution in [1.82, 2.24) is 4.98 Å². The Labute approximate surface area is 165 Å². The molecule has 0 bridgehead atoms. The number of fused-ring (bicyclic) bond motifs is 4. The molecule has 0 unspecified atom stereocenters. The number of hydrogen-bond donors (Lipinski definition) is 0.